The maximum atomic E-state index is 11.9. The molecule has 1 fully saturated rings. The van der Waals surface area contributed by atoms with E-state index in [2.05, 4.69) is 41.8 Å². The fourth-order valence-electron chi connectivity index (χ4n) is 3.39. The maximum Gasteiger partial charge on any atom is 0.227 e. The zero-order chi connectivity index (χ0) is 19.1. The second kappa shape index (κ2) is 9.51. The number of anilines is 2. The minimum atomic E-state index is 0.194. The highest BCUT2D eigenvalue weighted by Crippen LogP contribution is 2.24. The number of benzene rings is 2. The molecule has 0 radical (unpaired) electrons. The monoisotopic (exact) mass is 381 g/mol. The van der Waals surface area contributed by atoms with E-state index < -0.39 is 0 Å². The first-order valence-corrected chi connectivity index (χ1v) is 10.1. The predicted octanol–water partition coefficient (Wildman–Crippen LogP) is 4.37. The molecule has 4 nitrogen and oxygen atoms in total. The Bertz CT molecular complexity index is 778. The van der Waals surface area contributed by atoms with Crippen molar-refractivity contribution in [2.45, 2.75) is 32.6 Å². The molecule has 27 heavy (non-hydrogen) atoms. The van der Waals surface area contributed by atoms with E-state index in [9.17, 15) is 4.79 Å². The van der Waals surface area contributed by atoms with Gasteiger partial charge in [-0.3, -0.25) is 4.79 Å². The van der Waals surface area contributed by atoms with Crippen LogP contribution in [0.3, 0.4) is 0 Å². The number of carbonyl (C=O) groups excluding carboxylic acids is 1. The lowest BCUT2D eigenvalue weighted by Crippen LogP contribution is -2.33. The van der Waals surface area contributed by atoms with Crippen molar-refractivity contribution in [3.05, 3.63) is 60.2 Å². The van der Waals surface area contributed by atoms with Crippen molar-refractivity contribution >= 4 is 34.6 Å². The summed E-state index contributed by atoms with van der Waals surface area (Å²) in [5.41, 5.74) is 3.19. The average Bonchev–Trinajstić information content (AvgIpc) is 3.12. The van der Waals surface area contributed by atoms with Gasteiger partial charge in [0.25, 0.3) is 0 Å². The van der Waals surface area contributed by atoms with Gasteiger partial charge in [-0.2, -0.15) is 0 Å². The second-order valence-electron chi connectivity index (χ2n) is 7.00. The summed E-state index contributed by atoms with van der Waals surface area (Å²) in [5.74, 6) is 0.722. The maximum absolute atomic E-state index is 11.9. The Balaban J connectivity index is 1.52. The third-order valence-electron chi connectivity index (χ3n) is 4.98. The van der Waals surface area contributed by atoms with Crippen LogP contribution in [-0.2, 0) is 11.2 Å². The molecule has 2 aromatic carbocycles. The fourth-order valence-corrected chi connectivity index (χ4v) is 3.59. The number of carbonyl (C=O) groups is 1. The summed E-state index contributed by atoms with van der Waals surface area (Å²) in [7, 11) is 0. The van der Waals surface area contributed by atoms with Crippen molar-refractivity contribution in [1.29, 1.82) is 0 Å². The Morgan fingerprint density at radius 2 is 2.00 bits per heavy atom. The third-order valence-corrected chi connectivity index (χ3v) is 5.23. The Morgan fingerprint density at radius 1 is 1.19 bits per heavy atom. The first kappa shape index (κ1) is 19.4. The molecule has 1 unspecified atom stereocenters. The van der Waals surface area contributed by atoms with Gasteiger partial charge in [0.2, 0.25) is 5.91 Å². The molecule has 5 heteroatoms. The zero-order valence-corrected chi connectivity index (χ0v) is 16.6. The molecule has 2 N–H and O–H groups in total. The lowest BCUT2D eigenvalue weighted by Gasteiger charge is -2.19. The lowest BCUT2D eigenvalue weighted by molar-refractivity contribution is -0.117. The second-order valence-corrected chi connectivity index (χ2v) is 7.41. The SMILES string of the molecule is CCC(CNC(=S)Nc1cccc(N2CCCC2=O)c1)Cc1ccccc1. The summed E-state index contributed by atoms with van der Waals surface area (Å²) in [4.78, 5) is 13.8. The van der Waals surface area contributed by atoms with Gasteiger partial charge in [0.05, 0.1) is 0 Å². The van der Waals surface area contributed by atoms with E-state index in [1.165, 1.54) is 5.56 Å². The summed E-state index contributed by atoms with van der Waals surface area (Å²) < 4.78 is 0. The van der Waals surface area contributed by atoms with Crippen LogP contribution in [0.5, 0.6) is 0 Å². The molecule has 1 saturated heterocycles. The van der Waals surface area contributed by atoms with E-state index in [0.29, 0.717) is 17.5 Å². The summed E-state index contributed by atoms with van der Waals surface area (Å²) in [5, 5.41) is 7.20. The molecule has 1 aliphatic heterocycles. The largest absolute Gasteiger partial charge is 0.362 e. The number of nitrogens with one attached hydrogen (secondary N) is 2. The van der Waals surface area contributed by atoms with Gasteiger partial charge in [-0.25, -0.2) is 0 Å². The smallest absolute Gasteiger partial charge is 0.227 e. The van der Waals surface area contributed by atoms with Crippen molar-refractivity contribution in [2.24, 2.45) is 5.92 Å². The Morgan fingerprint density at radius 3 is 2.70 bits per heavy atom. The average molecular weight is 382 g/mol. The fraction of sp³-hybridized carbons (Fsp3) is 0.364. The Labute approximate surface area is 167 Å². The zero-order valence-electron chi connectivity index (χ0n) is 15.8. The Hall–Kier alpha value is -2.40. The third kappa shape index (κ3) is 5.54. The van der Waals surface area contributed by atoms with Crippen LogP contribution in [0.25, 0.3) is 0 Å². The van der Waals surface area contributed by atoms with E-state index in [1.54, 1.807) is 0 Å². The van der Waals surface area contributed by atoms with Crippen molar-refractivity contribution in [3.8, 4) is 0 Å². The van der Waals surface area contributed by atoms with Gasteiger partial charge in [-0.15, -0.1) is 0 Å². The molecule has 2 aromatic rings. The van der Waals surface area contributed by atoms with Crippen LogP contribution >= 0.6 is 12.2 Å². The highest BCUT2D eigenvalue weighted by molar-refractivity contribution is 7.80. The van der Waals surface area contributed by atoms with Gasteiger partial charge in [0.15, 0.2) is 5.11 Å². The number of hydrogen-bond donors (Lipinski definition) is 2. The van der Waals surface area contributed by atoms with Crippen molar-refractivity contribution in [1.82, 2.24) is 5.32 Å². The molecular formula is C22H27N3OS. The number of nitrogens with zero attached hydrogens (tertiary/aromatic N) is 1. The molecule has 1 atom stereocenters. The van der Waals surface area contributed by atoms with Crippen LogP contribution < -0.4 is 15.5 Å². The van der Waals surface area contributed by atoms with Crippen molar-refractivity contribution in [3.63, 3.8) is 0 Å². The van der Waals surface area contributed by atoms with Gasteiger partial charge in [-0.1, -0.05) is 49.7 Å². The first-order chi connectivity index (χ1) is 13.2. The van der Waals surface area contributed by atoms with Gasteiger partial charge in [0.1, 0.15) is 0 Å². The van der Waals surface area contributed by atoms with Gasteiger partial charge < -0.3 is 15.5 Å². The normalized spacial score (nSPS) is 14.9. The summed E-state index contributed by atoms with van der Waals surface area (Å²) in [6.07, 6.45) is 3.70. The molecule has 1 amide bonds. The molecule has 0 spiro atoms. The van der Waals surface area contributed by atoms with E-state index in [0.717, 1.165) is 43.7 Å². The number of rotatable bonds is 7. The van der Waals surface area contributed by atoms with E-state index in [1.807, 2.05) is 35.2 Å². The van der Waals surface area contributed by atoms with Gasteiger partial charge in [0, 0.05) is 30.9 Å². The van der Waals surface area contributed by atoms with Crippen LogP contribution in [0.1, 0.15) is 31.7 Å². The predicted molar refractivity (Wildman–Crippen MR) is 116 cm³/mol. The summed E-state index contributed by atoms with van der Waals surface area (Å²) in [6.45, 7) is 3.84. The molecule has 0 aromatic heterocycles. The highest BCUT2D eigenvalue weighted by atomic mass is 32.1. The van der Waals surface area contributed by atoms with Crippen LogP contribution in [0, 0.1) is 5.92 Å². The van der Waals surface area contributed by atoms with Gasteiger partial charge in [-0.05, 0) is 54.7 Å². The molecule has 0 aliphatic carbocycles. The number of thiocarbonyl (C=S) groups is 1. The molecule has 1 aliphatic rings. The van der Waals surface area contributed by atoms with E-state index >= 15 is 0 Å². The molecule has 1 heterocycles. The molecule has 0 bridgehead atoms. The van der Waals surface area contributed by atoms with Gasteiger partial charge >= 0.3 is 0 Å². The molecule has 142 valence electrons. The number of amides is 1. The minimum absolute atomic E-state index is 0.194. The van der Waals surface area contributed by atoms with E-state index in [-0.39, 0.29) is 5.91 Å². The van der Waals surface area contributed by atoms with Crippen LogP contribution in [-0.4, -0.2) is 24.1 Å². The summed E-state index contributed by atoms with van der Waals surface area (Å²) in [6, 6.07) is 18.4. The molecule has 3 rings (SSSR count). The van der Waals surface area contributed by atoms with Crippen molar-refractivity contribution < 1.29 is 4.79 Å². The summed E-state index contributed by atoms with van der Waals surface area (Å²) >= 11 is 5.47. The van der Waals surface area contributed by atoms with E-state index in [4.69, 9.17) is 12.2 Å². The number of hydrogen-bond acceptors (Lipinski definition) is 2. The quantitative estimate of drug-likeness (QED) is 0.699. The van der Waals surface area contributed by atoms with Crippen LogP contribution in [0.2, 0.25) is 0 Å². The van der Waals surface area contributed by atoms with Crippen LogP contribution in [0.4, 0.5) is 11.4 Å². The highest BCUT2D eigenvalue weighted by Gasteiger charge is 2.21. The minimum Gasteiger partial charge on any atom is -0.362 e. The first-order valence-electron chi connectivity index (χ1n) is 9.65. The van der Waals surface area contributed by atoms with Crippen molar-refractivity contribution in [2.75, 3.05) is 23.3 Å². The van der Waals surface area contributed by atoms with Crippen LogP contribution in [0.15, 0.2) is 54.6 Å². The standard InChI is InChI=1S/C22H27N3OS/c1-2-17(14-18-8-4-3-5-9-18)16-23-22(27)24-19-10-6-11-20(15-19)25-13-7-12-21(25)26/h3-6,8-11,15,17H,2,7,12-14,16H2,1H3,(H2,23,24,27). The lowest BCUT2D eigenvalue weighted by atomic mass is 9.97. The Kier molecular flexibility index (Phi) is 6.82. The topological polar surface area (TPSA) is 44.4 Å². The molecular weight excluding hydrogens is 354 g/mol. The molecule has 0 saturated carbocycles.